The van der Waals surface area contributed by atoms with Crippen LogP contribution >= 0.6 is 11.3 Å². The van der Waals surface area contributed by atoms with Gasteiger partial charge in [0.1, 0.15) is 5.01 Å². The fourth-order valence-electron chi connectivity index (χ4n) is 1.50. The molecule has 0 radical (unpaired) electrons. The minimum atomic E-state index is -0.573. The number of amides is 1. The molecule has 0 atom stereocenters. The average molecular weight is 281 g/mol. The summed E-state index contributed by atoms with van der Waals surface area (Å²) < 4.78 is 9.77. The first-order valence-corrected chi connectivity index (χ1v) is 6.56. The molecule has 0 spiro atoms. The number of carbonyl (C=O) groups excluding carboxylic acids is 1. The van der Waals surface area contributed by atoms with E-state index < -0.39 is 5.54 Å². The number of aryl methyl sites for hydroxylation is 1. The van der Waals surface area contributed by atoms with Gasteiger partial charge in [-0.25, -0.2) is 4.98 Å². The molecule has 0 saturated heterocycles. The van der Waals surface area contributed by atoms with Crippen LogP contribution in [0.25, 0.3) is 0 Å². The highest BCUT2D eigenvalue weighted by molar-refractivity contribution is 7.09. The average Bonchev–Trinajstić information content (AvgIpc) is 2.96. The van der Waals surface area contributed by atoms with E-state index in [1.165, 1.54) is 24.5 Å². The van der Waals surface area contributed by atoms with Crippen LogP contribution in [0.5, 0.6) is 5.88 Å². The number of hydrogen-bond acceptors (Lipinski definition) is 6. The van der Waals surface area contributed by atoms with E-state index >= 15 is 0 Å². The van der Waals surface area contributed by atoms with E-state index in [9.17, 15) is 4.79 Å². The molecule has 102 valence electrons. The first-order chi connectivity index (χ1) is 8.92. The molecule has 2 rings (SSSR count). The van der Waals surface area contributed by atoms with Gasteiger partial charge in [-0.15, -0.1) is 11.3 Å². The Morgan fingerprint density at radius 3 is 2.79 bits per heavy atom. The molecule has 7 heteroatoms. The maximum Gasteiger partial charge on any atom is 0.290 e. The largest absolute Gasteiger partial charge is 0.479 e. The summed E-state index contributed by atoms with van der Waals surface area (Å²) in [6.45, 7) is 5.69. The van der Waals surface area contributed by atoms with Crippen molar-refractivity contribution in [1.29, 1.82) is 0 Å². The number of rotatable bonds is 4. The van der Waals surface area contributed by atoms with E-state index in [1.54, 1.807) is 0 Å². The van der Waals surface area contributed by atoms with Gasteiger partial charge in [-0.2, -0.15) is 0 Å². The molecule has 19 heavy (non-hydrogen) atoms. The summed E-state index contributed by atoms with van der Waals surface area (Å²) in [6.07, 6.45) is 0. The van der Waals surface area contributed by atoms with Gasteiger partial charge in [-0.1, -0.05) is 0 Å². The quantitative estimate of drug-likeness (QED) is 0.928. The van der Waals surface area contributed by atoms with E-state index in [0.29, 0.717) is 0 Å². The van der Waals surface area contributed by atoms with Gasteiger partial charge in [-0.05, 0) is 25.9 Å². The maximum absolute atomic E-state index is 12.0. The van der Waals surface area contributed by atoms with Crippen molar-refractivity contribution in [3.63, 3.8) is 0 Å². The van der Waals surface area contributed by atoms with Gasteiger partial charge in [0.2, 0.25) is 5.76 Å². The van der Waals surface area contributed by atoms with Crippen LogP contribution in [0.2, 0.25) is 0 Å². The molecule has 2 aromatic rings. The zero-order valence-corrected chi connectivity index (χ0v) is 12.0. The lowest BCUT2D eigenvalue weighted by Gasteiger charge is -2.22. The second-order valence-corrected chi connectivity index (χ2v) is 5.46. The Morgan fingerprint density at radius 1 is 1.53 bits per heavy atom. The van der Waals surface area contributed by atoms with Crippen molar-refractivity contribution in [3.8, 4) is 5.88 Å². The van der Waals surface area contributed by atoms with Crippen LogP contribution in [0.3, 0.4) is 0 Å². The number of nitrogens with zero attached hydrogens (tertiary/aromatic N) is 2. The predicted molar refractivity (Wildman–Crippen MR) is 70.4 cm³/mol. The van der Waals surface area contributed by atoms with Crippen molar-refractivity contribution in [2.75, 3.05) is 7.11 Å². The van der Waals surface area contributed by atoms with Crippen LogP contribution in [0.15, 0.2) is 16.0 Å². The number of thiazole rings is 1. The topological polar surface area (TPSA) is 77.2 Å². The van der Waals surface area contributed by atoms with Gasteiger partial charge in [0, 0.05) is 11.1 Å². The van der Waals surface area contributed by atoms with E-state index in [1.807, 2.05) is 26.2 Å². The summed E-state index contributed by atoms with van der Waals surface area (Å²) >= 11 is 1.51. The molecule has 6 nitrogen and oxygen atoms in total. The molecule has 0 aliphatic carbocycles. The van der Waals surface area contributed by atoms with Gasteiger partial charge in [-0.3, -0.25) is 4.79 Å². The number of ether oxygens (including phenoxy) is 1. The fourth-order valence-corrected chi connectivity index (χ4v) is 2.38. The summed E-state index contributed by atoms with van der Waals surface area (Å²) in [7, 11) is 1.46. The minimum Gasteiger partial charge on any atom is -0.479 e. The van der Waals surface area contributed by atoms with Gasteiger partial charge in [0.05, 0.1) is 18.7 Å². The lowest BCUT2D eigenvalue weighted by atomic mass is 10.1. The third-order valence-electron chi connectivity index (χ3n) is 2.50. The van der Waals surface area contributed by atoms with Crippen LogP contribution in [-0.4, -0.2) is 23.2 Å². The highest BCUT2D eigenvalue weighted by atomic mass is 32.1. The second kappa shape index (κ2) is 5.00. The highest BCUT2D eigenvalue weighted by Crippen LogP contribution is 2.24. The molecule has 0 saturated carbocycles. The number of hydrogen-bond donors (Lipinski definition) is 1. The van der Waals surface area contributed by atoms with Crippen LogP contribution < -0.4 is 10.1 Å². The number of carbonyl (C=O) groups is 1. The first kappa shape index (κ1) is 13.5. The Kier molecular flexibility index (Phi) is 3.57. The van der Waals surface area contributed by atoms with Gasteiger partial charge < -0.3 is 14.6 Å². The zero-order valence-electron chi connectivity index (χ0n) is 11.2. The van der Waals surface area contributed by atoms with Crippen molar-refractivity contribution < 1.29 is 14.1 Å². The number of aromatic nitrogens is 2. The monoisotopic (exact) mass is 281 g/mol. The van der Waals surface area contributed by atoms with E-state index in [2.05, 4.69) is 15.5 Å². The maximum atomic E-state index is 12.0. The van der Waals surface area contributed by atoms with Gasteiger partial charge in [0.15, 0.2) is 0 Å². The van der Waals surface area contributed by atoms with E-state index in [-0.39, 0.29) is 17.5 Å². The van der Waals surface area contributed by atoms with Crippen molar-refractivity contribution in [2.45, 2.75) is 26.3 Å². The predicted octanol–water partition coefficient (Wildman–Crippen LogP) is 2.11. The zero-order chi connectivity index (χ0) is 14.0. The molecule has 2 heterocycles. The Morgan fingerprint density at radius 2 is 2.26 bits per heavy atom. The number of methoxy groups -OCH3 is 1. The van der Waals surface area contributed by atoms with E-state index in [0.717, 1.165) is 10.7 Å². The van der Waals surface area contributed by atoms with Crippen molar-refractivity contribution in [2.24, 2.45) is 0 Å². The molecule has 0 bridgehead atoms. The molecule has 0 unspecified atom stereocenters. The van der Waals surface area contributed by atoms with Gasteiger partial charge >= 0.3 is 0 Å². The van der Waals surface area contributed by atoms with Crippen LogP contribution in [-0.2, 0) is 5.54 Å². The Bertz CT molecular complexity index is 589. The molecule has 0 aromatic carbocycles. The fraction of sp³-hybridized carbons (Fsp3) is 0.417. The normalized spacial score (nSPS) is 11.4. The van der Waals surface area contributed by atoms with Crippen molar-refractivity contribution >= 4 is 17.2 Å². The van der Waals surface area contributed by atoms with Crippen LogP contribution in [0.4, 0.5) is 0 Å². The Labute approximate surface area is 114 Å². The standard InChI is InChI=1S/C12H15N3O3S/c1-7-6-19-11(13-7)12(2,3)14-10(16)8-5-9(17-4)15-18-8/h5-6H,1-4H3,(H,14,16). The summed E-state index contributed by atoms with van der Waals surface area (Å²) in [5, 5.41) is 9.23. The second-order valence-electron chi connectivity index (χ2n) is 4.61. The SMILES string of the molecule is COc1cc(C(=O)NC(C)(C)c2nc(C)cs2)on1. The van der Waals surface area contributed by atoms with Gasteiger partial charge in [0.25, 0.3) is 11.8 Å². The first-order valence-electron chi connectivity index (χ1n) is 5.68. The molecule has 1 amide bonds. The third kappa shape index (κ3) is 2.93. The minimum absolute atomic E-state index is 0.109. The lowest BCUT2D eigenvalue weighted by Crippen LogP contribution is -2.40. The molecule has 0 aliphatic heterocycles. The summed E-state index contributed by atoms with van der Waals surface area (Å²) in [6, 6.07) is 1.44. The van der Waals surface area contributed by atoms with Crippen LogP contribution in [0, 0.1) is 6.92 Å². The van der Waals surface area contributed by atoms with Crippen molar-refractivity contribution in [1.82, 2.24) is 15.5 Å². The van der Waals surface area contributed by atoms with Crippen LogP contribution in [0.1, 0.15) is 35.1 Å². The summed E-state index contributed by atoms with van der Waals surface area (Å²) in [4.78, 5) is 16.4. The molecule has 0 aliphatic rings. The molecule has 1 N–H and O–H groups in total. The highest BCUT2D eigenvalue weighted by Gasteiger charge is 2.28. The molecule has 0 fully saturated rings. The Balaban J connectivity index is 2.13. The molecular weight excluding hydrogens is 266 g/mol. The van der Waals surface area contributed by atoms with Crippen molar-refractivity contribution in [3.05, 3.63) is 27.9 Å². The van der Waals surface area contributed by atoms with E-state index in [4.69, 9.17) is 9.26 Å². The number of nitrogens with one attached hydrogen (secondary N) is 1. The molecule has 2 aromatic heterocycles. The smallest absolute Gasteiger partial charge is 0.290 e. The molecular formula is C12H15N3O3S. The Hall–Kier alpha value is -1.89. The summed E-state index contributed by atoms with van der Waals surface area (Å²) in [5.74, 6) is 0.0277. The third-order valence-corrected chi connectivity index (χ3v) is 3.78. The summed E-state index contributed by atoms with van der Waals surface area (Å²) in [5.41, 5.74) is 0.361. The lowest BCUT2D eigenvalue weighted by molar-refractivity contribution is 0.0873.